The third-order valence-corrected chi connectivity index (χ3v) is 3.57. The monoisotopic (exact) mass is 297 g/mol. The van der Waals surface area contributed by atoms with Crippen molar-refractivity contribution in [1.29, 1.82) is 0 Å². The molecule has 3 aromatic rings. The fraction of sp³-hybridized carbons (Fsp3) is 0.312. The molecule has 0 fully saturated rings. The first-order chi connectivity index (χ1) is 10.7. The number of imidazole rings is 1. The second-order valence-electron chi connectivity index (χ2n) is 5.04. The Labute approximate surface area is 129 Å². The fourth-order valence-electron chi connectivity index (χ4n) is 2.43. The maximum absolute atomic E-state index is 5.34. The van der Waals surface area contributed by atoms with Gasteiger partial charge in [0, 0.05) is 36.4 Å². The maximum Gasteiger partial charge on any atom is 0.258 e. The van der Waals surface area contributed by atoms with Crippen molar-refractivity contribution < 1.29 is 4.74 Å². The normalized spacial score (nSPS) is 12.5. The van der Waals surface area contributed by atoms with E-state index in [4.69, 9.17) is 4.74 Å². The van der Waals surface area contributed by atoms with Crippen LogP contribution in [-0.2, 0) is 0 Å². The van der Waals surface area contributed by atoms with Gasteiger partial charge in [-0.25, -0.2) is 9.97 Å². The number of hydrogen-bond acceptors (Lipinski definition) is 5. The average molecular weight is 297 g/mol. The largest absolute Gasteiger partial charge is 0.478 e. The quantitative estimate of drug-likeness (QED) is 0.783. The topological polar surface area (TPSA) is 64.3 Å². The van der Waals surface area contributed by atoms with Crippen LogP contribution in [-0.4, -0.2) is 33.0 Å². The van der Waals surface area contributed by atoms with Crippen LogP contribution in [0.1, 0.15) is 25.6 Å². The molecule has 114 valence electrons. The van der Waals surface area contributed by atoms with Crippen LogP contribution in [0, 0.1) is 0 Å². The van der Waals surface area contributed by atoms with E-state index in [0.29, 0.717) is 11.5 Å². The van der Waals surface area contributed by atoms with Gasteiger partial charge in [0.2, 0.25) is 0 Å². The van der Waals surface area contributed by atoms with Gasteiger partial charge in [0.15, 0.2) is 5.65 Å². The van der Waals surface area contributed by atoms with Crippen molar-refractivity contribution in [2.24, 2.45) is 0 Å². The van der Waals surface area contributed by atoms with E-state index < -0.39 is 0 Å². The van der Waals surface area contributed by atoms with Crippen molar-refractivity contribution in [3.05, 3.63) is 42.6 Å². The lowest BCUT2D eigenvalue weighted by Gasteiger charge is -2.13. The van der Waals surface area contributed by atoms with E-state index in [-0.39, 0.29) is 6.04 Å². The van der Waals surface area contributed by atoms with E-state index in [1.807, 2.05) is 29.1 Å². The summed E-state index contributed by atoms with van der Waals surface area (Å²) in [7, 11) is 1.60. The third-order valence-electron chi connectivity index (χ3n) is 3.57. The van der Waals surface area contributed by atoms with Crippen molar-refractivity contribution in [2.45, 2.75) is 19.9 Å². The van der Waals surface area contributed by atoms with E-state index in [1.54, 1.807) is 13.3 Å². The van der Waals surface area contributed by atoms with E-state index in [1.165, 1.54) is 0 Å². The molecule has 3 aromatic heterocycles. The summed E-state index contributed by atoms with van der Waals surface area (Å²) < 4.78 is 7.25. The highest BCUT2D eigenvalue weighted by Gasteiger charge is 2.11. The molecule has 0 aliphatic heterocycles. The molecule has 0 amide bonds. The molecule has 1 N–H and O–H groups in total. The van der Waals surface area contributed by atoms with Gasteiger partial charge in [-0.05, 0) is 25.6 Å². The zero-order chi connectivity index (χ0) is 15.5. The van der Waals surface area contributed by atoms with Crippen LogP contribution in [0.2, 0.25) is 0 Å². The van der Waals surface area contributed by atoms with Crippen molar-refractivity contribution in [3.63, 3.8) is 0 Å². The van der Waals surface area contributed by atoms with E-state index in [0.717, 1.165) is 23.5 Å². The Balaban J connectivity index is 2.05. The SMILES string of the molecule is CCNC(C)c1cc(-c2cn3ccnc3c(OC)n2)ccn1. The van der Waals surface area contributed by atoms with Crippen LogP contribution in [0.15, 0.2) is 36.9 Å². The number of ether oxygens (including phenoxy) is 1. The molecule has 0 aliphatic rings. The highest BCUT2D eigenvalue weighted by molar-refractivity contribution is 5.63. The van der Waals surface area contributed by atoms with Crippen LogP contribution in [0.5, 0.6) is 5.88 Å². The lowest BCUT2D eigenvalue weighted by molar-refractivity contribution is 0.400. The zero-order valence-electron chi connectivity index (χ0n) is 12.9. The van der Waals surface area contributed by atoms with E-state index in [9.17, 15) is 0 Å². The van der Waals surface area contributed by atoms with Gasteiger partial charge in [0.05, 0.1) is 18.5 Å². The summed E-state index contributed by atoms with van der Waals surface area (Å²) >= 11 is 0. The Hall–Kier alpha value is -2.47. The molecule has 3 rings (SSSR count). The number of rotatable bonds is 5. The minimum absolute atomic E-state index is 0.198. The molecule has 0 radical (unpaired) electrons. The number of fused-ring (bicyclic) bond motifs is 1. The van der Waals surface area contributed by atoms with Crippen molar-refractivity contribution >= 4 is 5.65 Å². The van der Waals surface area contributed by atoms with Crippen molar-refractivity contribution in [3.8, 4) is 17.1 Å². The Morgan fingerprint density at radius 2 is 2.18 bits per heavy atom. The van der Waals surface area contributed by atoms with Gasteiger partial charge < -0.3 is 14.5 Å². The first-order valence-electron chi connectivity index (χ1n) is 7.30. The number of nitrogens with zero attached hydrogens (tertiary/aromatic N) is 4. The van der Waals surface area contributed by atoms with Gasteiger partial charge in [-0.2, -0.15) is 0 Å². The van der Waals surface area contributed by atoms with Gasteiger partial charge >= 0.3 is 0 Å². The smallest absolute Gasteiger partial charge is 0.258 e. The number of hydrogen-bond donors (Lipinski definition) is 1. The van der Waals surface area contributed by atoms with E-state index >= 15 is 0 Å². The molecule has 22 heavy (non-hydrogen) atoms. The molecule has 0 aliphatic carbocycles. The minimum atomic E-state index is 0.198. The Morgan fingerprint density at radius 1 is 1.32 bits per heavy atom. The molecule has 3 heterocycles. The Bertz CT molecular complexity index is 783. The molecule has 0 aromatic carbocycles. The molecule has 0 bridgehead atoms. The number of pyridine rings is 1. The van der Waals surface area contributed by atoms with Crippen LogP contribution < -0.4 is 10.1 Å². The standard InChI is InChI=1S/C16H19N5O/c1-4-17-11(2)13-9-12(5-6-18-13)14-10-21-8-7-19-15(21)16(20-14)22-3/h5-11,17H,4H2,1-3H3. The first-order valence-corrected chi connectivity index (χ1v) is 7.30. The van der Waals surface area contributed by atoms with Crippen LogP contribution in [0.3, 0.4) is 0 Å². The highest BCUT2D eigenvalue weighted by Crippen LogP contribution is 2.24. The Morgan fingerprint density at radius 3 is 2.95 bits per heavy atom. The average Bonchev–Trinajstić information content (AvgIpc) is 3.02. The molecule has 1 atom stereocenters. The summed E-state index contributed by atoms with van der Waals surface area (Å²) in [6, 6.07) is 4.20. The first kappa shape index (κ1) is 14.5. The molecule has 0 saturated heterocycles. The lowest BCUT2D eigenvalue weighted by Crippen LogP contribution is -2.18. The number of nitrogens with one attached hydrogen (secondary N) is 1. The van der Waals surface area contributed by atoms with Gasteiger partial charge in [0.1, 0.15) is 0 Å². The summed E-state index contributed by atoms with van der Waals surface area (Å²) in [5.74, 6) is 0.514. The molecule has 0 spiro atoms. The molecular formula is C16H19N5O. The fourth-order valence-corrected chi connectivity index (χ4v) is 2.43. The van der Waals surface area contributed by atoms with E-state index in [2.05, 4.69) is 40.2 Å². The molecule has 6 heteroatoms. The summed E-state index contributed by atoms with van der Waals surface area (Å²) in [5, 5.41) is 3.37. The zero-order valence-corrected chi connectivity index (χ0v) is 12.9. The predicted octanol–water partition coefficient (Wildman–Crippen LogP) is 2.47. The lowest BCUT2D eigenvalue weighted by atomic mass is 10.1. The second kappa shape index (κ2) is 6.11. The van der Waals surface area contributed by atoms with Gasteiger partial charge in [-0.1, -0.05) is 6.92 Å². The highest BCUT2D eigenvalue weighted by atomic mass is 16.5. The summed E-state index contributed by atoms with van der Waals surface area (Å²) in [6.45, 7) is 5.09. The van der Waals surface area contributed by atoms with Crippen molar-refractivity contribution in [2.75, 3.05) is 13.7 Å². The van der Waals surface area contributed by atoms with Crippen LogP contribution >= 0.6 is 0 Å². The molecule has 0 saturated carbocycles. The minimum Gasteiger partial charge on any atom is -0.478 e. The van der Waals surface area contributed by atoms with Gasteiger partial charge in [0.25, 0.3) is 5.88 Å². The van der Waals surface area contributed by atoms with Crippen molar-refractivity contribution in [1.82, 2.24) is 24.7 Å². The summed E-state index contributed by atoms with van der Waals surface area (Å²) in [4.78, 5) is 13.2. The summed E-state index contributed by atoms with van der Waals surface area (Å²) in [6.07, 6.45) is 7.37. The number of aromatic nitrogens is 4. The second-order valence-corrected chi connectivity index (χ2v) is 5.04. The third kappa shape index (κ3) is 2.65. The van der Waals surface area contributed by atoms with Gasteiger partial charge in [-0.15, -0.1) is 0 Å². The molecule has 1 unspecified atom stereocenters. The predicted molar refractivity (Wildman–Crippen MR) is 84.9 cm³/mol. The Kier molecular flexibility index (Phi) is 4.02. The van der Waals surface area contributed by atoms with Crippen LogP contribution in [0.25, 0.3) is 16.9 Å². The molecule has 6 nitrogen and oxygen atoms in total. The molecular weight excluding hydrogens is 278 g/mol. The van der Waals surface area contributed by atoms with Crippen LogP contribution in [0.4, 0.5) is 0 Å². The maximum atomic E-state index is 5.34. The van der Waals surface area contributed by atoms with Gasteiger partial charge in [-0.3, -0.25) is 4.98 Å². The number of methoxy groups -OCH3 is 1. The summed E-state index contributed by atoms with van der Waals surface area (Å²) in [5.41, 5.74) is 3.53.